The number of aryl methyl sites for hydroxylation is 2. The molecule has 0 aromatic heterocycles. The standard InChI is InChI=1S/C13H16O2/c1-3-9-5-11-7-12(13(14)15)6-10(11)4-8(9)2/h4-5,12H,3,6-7H2,1-2H3,(H,14,15). The molecule has 0 amide bonds. The summed E-state index contributed by atoms with van der Waals surface area (Å²) in [6.45, 7) is 4.24. The fourth-order valence-corrected chi connectivity index (χ4v) is 2.40. The molecule has 0 fully saturated rings. The number of rotatable bonds is 2. The van der Waals surface area contributed by atoms with Crippen LogP contribution in [0.15, 0.2) is 12.1 Å². The van der Waals surface area contributed by atoms with Crippen LogP contribution in [0.4, 0.5) is 0 Å². The summed E-state index contributed by atoms with van der Waals surface area (Å²) >= 11 is 0. The Labute approximate surface area is 89.9 Å². The van der Waals surface area contributed by atoms with Crippen molar-refractivity contribution < 1.29 is 9.90 Å². The summed E-state index contributed by atoms with van der Waals surface area (Å²) < 4.78 is 0. The third-order valence-corrected chi connectivity index (χ3v) is 3.32. The monoisotopic (exact) mass is 204 g/mol. The van der Waals surface area contributed by atoms with Crippen LogP contribution in [0.25, 0.3) is 0 Å². The molecule has 1 atom stereocenters. The highest BCUT2D eigenvalue weighted by Crippen LogP contribution is 2.29. The molecule has 1 N–H and O–H groups in total. The number of carbonyl (C=O) groups is 1. The molecule has 1 unspecified atom stereocenters. The van der Waals surface area contributed by atoms with Crippen molar-refractivity contribution in [1.82, 2.24) is 0 Å². The summed E-state index contributed by atoms with van der Waals surface area (Å²) in [5.74, 6) is -0.867. The van der Waals surface area contributed by atoms with Crippen molar-refractivity contribution in [2.24, 2.45) is 5.92 Å². The number of hydrogen-bond donors (Lipinski definition) is 1. The number of carboxylic acid groups (broad SMARTS) is 1. The predicted molar refractivity (Wildman–Crippen MR) is 59.1 cm³/mol. The van der Waals surface area contributed by atoms with E-state index in [9.17, 15) is 4.79 Å². The Balaban J connectivity index is 2.35. The van der Waals surface area contributed by atoms with E-state index in [1.807, 2.05) is 0 Å². The molecule has 80 valence electrons. The molecule has 0 aliphatic heterocycles. The third kappa shape index (κ3) is 1.76. The van der Waals surface area contributed by atoms with Gasteiger partial charge in [0.05, 0.1) is 5.92 Å². The van der Waals surface area contributed by atoms with Crippen LogP contribution in [-0.2, 0) is 24.1 Å². The van der Waals surface area contributed by atoms with Crippen LogP contribution in [0.3, 0.4) is 0 Å². The molecule has 0 spiro atoms. The smallest absolute Gasteiger partial charge is 0.307 e. The fourth-order valence-electron chi connectivity index (χ4n) is 2.40. The molecule has 2 heteroatoms. The van der Waals surface area contributed by atoms with Gasteiger partial charge in [0.15, 0.2) is 0 Å². The van der Waals surface area contributed by atoms with E-state index in [1.54, 1.807) is 0 Å². The van der Waals surface area contributed by atoms with E-state index in [0.29, 0.717) is 12.8 Å². The fraction of sp³-hybridized carbons (Fsp3) is 0.462. The van der Waals surface area contributed by atoms with E-state index in [4.69, 9.17) is 5.11 Å². The maximum absolute atomic E-state index is 10.9. The third-order valence-electron chi connectivity index (χ3n) is 3.32. The Kier molecular flexibility index (Phi) is 2.51. The Bertz CT molecular complexity index is 407. The van der Waals surface area contributed by atoms with Crippen molar-refractivity contribution in [3.8, 4) is 0 Å². The summed E-state index contributed by atoms with van der Waals surface area (Å²) in [5.41, 5.74) is 5.11. The molecule has 0 radical (unpaired) electrons. The molecule has 0 saturated carbocycles. The molecule has 1 aromatic rings. The van der Waals surface area contributed by atoms with Crippen molar-refractivity contribution in [3.63, 3.8) is 0 Å². The zero-order valence-corrected chi connectivity index (χ0v) is 9.21. The van der Waals surface area contributed by atoms with Crippen molar-refractivity contribution in [3.05, 3.63) is 34.4 Å². The number of aliphatic carboxylic acids is 1. The predicted octanol–water partition coefficient (Wildman–Crippen LogP) is 2.36. The SMILES string of the molecule is CCc1cc2c(cc1C)CC(C(=O)O)C2. The zero-order chi connectivity index (χ0) is 11.0. The van der Waals surface area contributed by atoms with Gasteiger partial charge < -0.3 is 5.11 Å². The van der Waals surface area contributed by atoms with E-state index in [-0.39, 0.29) is 5.92 Å². The number of benzene rings is 1. The van der Waals surface area contributed by atoms with Crippen molar-refractivity contribution >= 4 is 5.97 Å². The van der Waals surface area contributed by atoms with Crippen LogP contribution < -0.4 is 0 Å². The normalized spacial score (nSPS) is 18.9. The van der Waals surface area contributed by atoms with E-state index in [2.05, 4.69) is 26.0 Å². The van der Waals surface area contributed by atoms with Gasteiger partial charge in [0.1, 0.15) is 0 Å². The molecule has 0 heterocycles. The first kappa shape index (κ1) is 10.2. The molecule has 1 aromatic carbocycles. The minimum atomic E-state index is -0.665. The Morgan fingerprint density at radius 1 is 1.40 bits per heavy atom. The highest BCUT2D eigenvalue weighted by atomic mass is 16.4. The van der Waals surface area contributed by atoms with Gasteiger partial charge in [0.25, 0.3) is 0 Å². The number of hydrogen-bond acceptors (Lipinski definition) is 1. The molecule has 0 bridgehead atoms. The van der Waals surface area contributed by atoms with E-state index >= 15 is 0 Å². The van der Waals surface area contributed by atoms with Crippen molar-refractivity contribution in [2.75, 3.05) is 0 Å². The van der Waals surface area contributed by atoms with E-state index in [1.165, 1.54) is 22.3 Å². The molecular weight excluding hydrogens is 188 g/mol. The quantitative estimate of drug-likeness (QED) is 0.803. The van der Waals surface area contributed by atoms with Crippen LogP contribution in [0.5, 0.6) is 0 Å². The molecule has 15 heavy (non-hydrogen) atoms. The topological polar surface area (TPSA) is 37.3 Å². The lowest BCUT2D eigenvalue weighted by Gasteiger charge is -2.06. The first-order chi connectivity index (χ1) is 7.11. The Morgan fingerprint density at radius 2 is 2.00 bits per heavy atom. The van der Waals surface area contributed by atoms with Gasteiger partial charge in [-0.3, -0.25) is 4.79 Å². The summed E-state index contributed by atoms with van der Waals surface area (Å²) in [6, 6.07) is 4.35. The van der Waals surface area contributed by atoms with E-state index in [0.717, 1.165) is 6.42 Å². The van der Waals surface area contributed by atoms with Gasteiger partial charge in [-0.1, -0.05) is 19.1 Å². The Hall–Kier alpha value is -1.31. The first-order valence-corrected chi connectivity index (χ1v) is 5.46. The molecule has 1 aliphatic carbocycles. The first-order valence-electron chi connectivity index (χ1n) is 5.46. The highest BCUT2D eigenvalue weighted by molar-refractivity contribution is 5.72. The van der Waals surface area contributed by atoms with Crippen LogP contribution in [0.1, 0.15) is 29.2 Å². The molecule has 1 aliphatic rings. The average molecular weight is 204 g/mol. The largest absolute Gasteiger partial charge is 0.481 e. The van der Waals surface area contributed by atoms with Gasteiger partial charge in [-0.25, -0.2) is 0 Å². The average Bonchev–Trinajstić information content (AvgIpc) is 2.59. The number of carboxylic acids is 1. The Morgan fingerprint density at radius 3 is 2.53 bits per heavy atom. The van der Waals surface area contributed by atoms with Gasteiger partial charge in [0.2, 0.25) is 0 Å². The van der Waals surface area contributed by atoms with Gasteiger partial charge in [-0.05, 0) is 48.4 Å². The van der Waals surface area contributed by atoms with Crippen molar-refractivity contribution in [2.45, 2.75) is 33.1 Å². The van der Waals surface area contributed by atoms with Gasteiger partial charge in [-0.2, -0.15) is 0 Å². The molecule has 2 nitrogen and oxygen atoms in total. The van der Waals surface area contributed by atoms with Gasteiger partial charge >= 0.3 is 5.97 Å². The zero-order valence-electron chi connectivity index (χ0n) is 9.21. The summed E-state index contributed by atoms with van der Waals surface area (Å²) in [6.07, 6.45) is 2.43. The maximum Gasteiger partial charge on any atom is 0.307 e. The molecular formula is C13H16O2. The van der Waals surface area contributed by atoms with Crippen molar-refractivity contribution in [1.29, 1.82) is 0 Å². The van der Waals surface area contributed by atoms with Crippen LogP contribution in [0.2, 0.25) is 0 Å². The maximum atomic E-state index is 10.9. The minimum absolute atomic E-state index is 0.202. The van der Waals surface area contributed by atoms with Gasteiger partial charge in [0, 0.05) is 0 Å². The lowest BCUT2D eigenvalue weighted by atomic mass is 9.99. The second kappa shape index (κ2) is 3.69. The summed E-state index contributed by atoms with van der Waals surface area (Å²) in [5, 5.41) is 8.98. The van der Waals surface area contributed by atoms with Crippen LogP contribution in [-0.4, -0.2) is 11.1 Å². The van der Waals surface area contributed by atoms with Crippen LogP contribution >= 0.6 is 0 Å². The second-order valence-corrected chi connectivity index (χ2v) is 4.34. The lowest BCUT2D eigenvalue weighted by Crippen LogP contribution is -2.12. The molecule has 2 rings (SSSR count). The summed E-state index contributed by atoms with van der Waals surface area (Å²) in [4.78, 5) is 10.9. The van der Waals surface area contributed by atoms with Crippen LogP contribution in [0, 0.1) is 12.8 Å². The minimum Gasteiger partial charge on any atom is -0.481 e. The number of fused-ring (bicyclic) bond motifs is 1. The summed E-state index contributed by atoms with van der Waals surface area (Å²) in [7, 11) is 0. The van der Waals surface area contributed by atoms with Gasteiger partial charge in [-0.15, -0.1) is 0 Å². The highest BCUT2D eigenvalue weighted by Gasteiger charge is 2.27. The molecule has 0 saturated heterocycles. The van der Waals surface area contributed by atoms with E-state index < -0.39 is 5.97 Å². The lowest BCUT2D eigenvalue weighted by molar-refractivity contribution is -0.141. The second-order valence-electron chi connectivity index (χ2n) is 4.34.